The summed E-state index contributed by atoms with van der Waals surface area (Å²) >= 11 is 0. The number of nitriles is 1. The van der Waals surface area contributed by atoms with Crippen LogP contribution < -0.4 is 0 Å². The molecule has 9 heteroatoms. The molecule has 0 amide bonds. The van der Waals surface area contributed by atoms with E-state index in [1.807, 2.05) is 0 Å². The molecule has 0 aliphatic rings. The van der Waals surface area contributed by atoms with Gasteiger partial charge < -0.3 is 4.42 Å². The van der Waals surface area contributed by atoms with Gasteiger partial charge in [-0.15, -0.1) is 0 Å². The molecule has 0 aliphatic carbocycles. The molecule has 3 aromatic rings. The molecule has 0 saturated carbocycles. The number of halogens is 1. The number of nitrogens with zero attached hydrogens (tertiary/aromatic N) is 2. The number of benzene rings is 2. The zero-order valence-corrected chi connectivity index (χ0v) is 14.9. The molecule has 0 saturated heterocycles. The molecule has 7 nitrogen and oxygen atoms in total. The fourth-order valence-corrected chi connectivity index (χ4v) is 3.51. The van der Waals surface area contributed by atoms with Crippen LogP contribution in [0.15, 0.2) is 74.9 Å². The van der Waals surface area contributed by atoms with Gasteiger partial charge >= 0.3 is 0 Å². The van der Waals surface area contributed by atoms with E-state index in [1.54, 1.807) is 12.1 Å². The molecule has 0 fully saturated rings. The van der Waals surface area contributed by atoms with Crippen LogP contribution in [0.1, 0.15) is 5.76 Å². The van der Waals surface area contributed by atoms with Gasteiger partial charge in [0.1, 0.15) is 23.4 Å². The molecule has 0 unspecified atom stereocenters. The van der Waals surface area contributed by atoms with E-state index in [9.17, 15) is 28.2 Å². The van der Waals surface area contributed by atoms with Crippen molar-refractivity contribution in [2.24, 2.45) is 0 Å². The van der Waals surface area contributed by atoms with Gasteiger partial charge in [0.2, 0.25) is 9.84 Å². The van der Waals surface area contributed by atoms with Gasteiger partial charge in [-0.25, -0.2) is 12.8 Å². The van der Waals surface area contributed by atoms with E-state index in [4.69, 9.17) is 4.42 Å². The summed E-state index contributed by atoms with van der Waals surface area (Å²) in [5.41, 5.74) is 0.470. The lowest BCUT2D eigenvalue weighted by molar-refractivity contribution is -0.384. The van der Waals surface area contributed by atoms with Gasteiger partial charge in [0, 0.05) is 23.8 Å². The van der Waals surface area contributed by atoms with Gasteiger partial charge in [-0.3, -0.25) is 10.1 Å². The second-order valence-electron chi connectivity index (χ2n) is 5.58. The van der Waals surface area contributed by atoms with E-state index >= 15 is 0 Å². The van der Waals surface area contributed by atoms with Crippen LogP contribution in [0.4, 0.5) is 10.1 Å². The number of nitro benzene ring substituents is 1. The molecule has 0 radical (unpaired) electrons. The lowest BCUT2D eigenvalue weighted by Crippen LogP contribution is -2.03. The van der Waals surface area contributed by atoms with Crippen LogP contribution in [-0.4, -0.2) is 13.3 Å². The summed E-state index contributed by atoms with van der Waals surface area (Å²) in [4.78, 5) is 9.39. The van der Waals surface area contributed by atoms with Crippen LogP contribution in [0.25, 0.3) is 17.4 Å². The van der Waals surface area contributed by atoms with Crippen molar-refractivity contribution in [1.29, 1.82) is 5.26 Å². The predicted molar refractivity (Wildman–Crippen MR) is 98.0 cm³/mol. The third-order valence-electron chi connectivity index (χ3n) is 3.79. The Bertz CT molecular complexity index is 1200. The normalized spacial score (nSPS) is 11.8. The average molecular weight is 398 g/mol. The summed E-state index contributed by atoms with van der Waals surface area (Å²) in [5, 5.41) is 20.0. The van der Waals surface area contributed by atoms with Crippen LogP contribution in [0.2, 0.25) is 0 Å². The van der Waals surface area contributed by atoms with Crippen molar-refractivity contribution in [1.82, 2.24) is 0 Å². The van der Waals surface area contributed by atoms with Crippen molar-refractivity contribution in [2.45, 2.75) is 4.90 Å². The summed E-state index contributed by atoms with van der Waals surface area (Å²) in [7, 11) is -4.14. The Morgan fingerprint density at radius 2 is 1.71 bits per heavy atom. The lowest BCUT2D eigenvalue weighted by atomic mass is 10.1. The summed E-state index contributed by atoms with van der Waals surface area (Å²) in [5.74, 6) is -0.145. The van der Waals surface area contributed by atoms with E-state index in [1.165, 1.54) is 30.3 Å². The number of non-ortho nitro benzene ring substituents is 1. The fourth-order valence-electron chi connectivity index (χ4n) is 2.37. The molecule has 0 aliphatic heterocycles. The summed E-state index contributed by atoms with van der Waals surface area (Å²) in [6, 6.07) is 14.4. The maximum absolute atomic E-state index is 13.0. The third kappa shape index (κ3) is 3.82. The number of furan rings is 1. The third-order valence-corrected chi connectivity index (χ3v) is 5.47. The van der Waals surface area contributed by atoms with Gasteiger partial charge in [-0.05, 0) is 48.5 Å². The maximum atomic E-state index is 13.0. The zero-order chi connectivity index (χ0) is 20.3. The molecule has 140 valence electrons. The highest BCUT2D eigenvalue weighted by atomic mass is 32.2. The van der Waals surface area contributed by atoms with Gasteiger partial charge in [0.05, 0.1) is 9.82 Å². The first-order valence-electron chi connectivity index (χ1n) is 7.78. The lowest BCUT2D eigenvalue weighted by Gasteiger charge is -2.02. The van der Waals surface area contributed by atoms with E-state index < -0.39 is 25.5 Å². The molecule has 28 heavy (non-hydrogen) atoms. The second-order valence-corrected chi connectivity index (χ2v) is 7.50. The minimum Gasteiger partial charge on any atom is -0.457 e. The number of hydrogen-bond donors (Lipinski definition) is 0. The van der Waals surface area contributed by atoms with Crippen molar-refractivity contribution in [3.05, 3.63) is 87.3 Å². The maximum Gasteiger partial charge on any atom is 0.269 e. The molecule has 0 N–H and O–H groups in total. The molecule has 0 spiro atoms. The number of nitro groups is 1. The highest BCUT2D eigenvalue weighted by molar-refractivity contribution is 7.95. The summed E-state index contributed by atoms with van der Waals surface area (Å²) in [6.07, 6.45) is 1.06. The smallest absolute Gasteiger partial charge is 0.269 e. The molecule has 1 aromatic heterocycles. The Hall–Kier alpha value is -3.77. The SMILES string of the molecule is N#CC(=Cc1ccc(-c2ccc([N+](=O)[O-])cc2)o1)S(=O)(=O)c1ccc(F)cc1. The van der Waals surface area contributed by atoms with Gasteiger partial charge in [0.15, 0.2) is 4.91 Å². The minimum absolute atomic E-state index is 0.0763. The Morgan fingerprint density at radius 1 is 1.07 bits per heavy atom. The topological polar surface area (TPSA) is 114 Å². The second kappa shape index (κ2) is 7.46. The zero-order valence-electron chi connectivity index (χ0n) is 14.1. The van der Waals surface area contributed by atoms with Crippen LogP contribution >= 0.6 is 0 Å². The fraction of sp³-hybridized carbons (Fsp3) is 0. The summed E-state index contributed by atoms with van der Waals surface area (Å²) < 4.78 is 43.6. The van der Waals surface area contributed by atoms with Crippen LogP contribution in [0.5, 0.6) is 0 Å². The van der Waals surface area contributed by atoms with Crippen LogP contribution in [0.3, 0.4) is 0 Å². The van der Waals surface area contributed by atoms with Crippen molar-refractivity contribution in [3.8, 4) is 17.4 Å². The van der Waals surface area contributed by atoms with Gasteiger partial charge in [-0.2, -0.15) is 5.26 Å². The molecular formula is C19H11FN2O5S. The van der Waals surface area contributed by atoms with Crippen molar-refractivity contribution >= 4 is 21.6 Å². The molecule has 0 atom stereocenters. The van der Waals surface area contributed by atoms with E-state index in [2.05, 4.69) is 0 Å². The minimum atomic E-state index is -4.14. The van der Waals surface area contributed by atoms with Crippen molar-refractivity contribution in [3.63, 3.8) is 0 Å². The Kier molecular flexibility index (Phi) is 5.06. The number of rotatable bonds is 5. The first kappa shape index (κ1) is 19.0. The van der Waals surface area contributed by atoms with Crippen molar-refractivity contribution < 1.29 is 22.1 Å². The largest absolute Gasteiger partial charge is 0.457 e. The van der Waals surface area contributed by atoms with Crippen molar-refractivity contribution in [2.75, 3.05) is 0 Å². The van der Waals surface area contributed by atoms with E-state index in [-0.39, 0.29) is 16.3 Å². The quantitative estimate of drug-likeness (QED) is 0.273. The monoisotopic (exact) mass is 398 g/mol. The first-order valence-corrected chi connectivity index (χ1v) is 9.27. The molecule has 3 rings (SSSR count). The Labute approximate surface area is 159 Å². The van der Waals surface area contributed by atoms with Crippen LogP contribution in [-0.2, 0) is 9.84 Å². The van der Waals surface area contributed by atoms with Gasteiger partial charge in [0.25, 0.3) is 5.69 Å². The predicted octanol–water partition coefficient (Wildman–Crippen LogP) is 4.33. The standard InChI is InChI=1S/C19H11FN2O5S/c20-14-3-8-17(9-4-14)28(25,26)18(12-21)11-16-7-10-19(27-16)13-1-5-15(6-2-13)22(23)24/h1-11H. The highest BCUT2D eigenvalue weighted by Crippen LogP contribution is 2.27. The first-order chi connectivity index (χ1) is 13.3. The molecule has 2 aromatic carbocycles. The molecule has 1 heterocycles. The highest BCUT2D eigenvalue weighted by Gasteiger charge is 2.21. The Morgan fingerprint density at radius 3 is 2.29 bits per heavy atom. The average Bonchev–Trinajstić information content (AvgIpc) is 3.15. The van der Waals surface area contributed by atoms with E-state index in [0.29, 0.717) is 11.3 Å². The molecule has 0 bridgehead atoms. The summed E-state index contributed by atoms with van der Waals surface area (Å²) in [6.45, 7) is 0. The Balaban J connectivity index is 1.93. The molecular weight excluding hydrogens is 387 g/mol. The number of hydrogen-bond acceptors (Lipinski definition) is 6. The van der Waals surface area contributed by atoms with E-state index in [0.717, 1.165) is 30.3 Å². The number of allylic oxidation sites excluding steroid dienone is 1. The number of sulfone groups is 1. The van der Waals surface area contributed by atoms with Gasteiger partial charge in [-0.1, -0.05) is 0 Å². The van der Waals surface area contributed by atoms with Crippen LogP contribution in [0, 0.1) is 27.3 Å².